The standard InChI is InChI=1S/C12H12ClN3O3S/c1-19-12-5-2-9(6-15-12)7-16-20(17,18)10-3-4-11(13)14-8-10/h2-6,8,16H,7H2,1H3. The van der Waals surface area contributed by atoms with Crippen LogP contribution >= 0.6 is 11.6 Å². The number of pyridine rings is 2. The van der Waals surface area contributed by atoms with Crippen LogP contribution < -0.4 is 9.46 Å². The Labute approximate surface area is 121 Å². The quantitative estimate of drug-likeness (QED) is 0.848. The van der Waals surface area contributed by atoms with Crippen molar-refractivity contribution in [1.29, 1.82) is 0 Å². The maximum atomic E-state index is 12.0. The van der Waals surface area contributed by atoms with Gasteiger partial charge < -0.3 is 4.74 Å². The Hall–Kier alpha value is -1.70. The first-order valence-corrected chi connectivity index (χ1v) is 7.47. The third-order valence-corrected chi connectivity index (χ3v) is 4.09. The molecule has 0 fully saturated rings. The van der Waals surface area contributed by atoms with Crippen molar-refractivity contribution in [2.75, 3.05) is 7.11 Å². The first kappa shape index (κ1) is 14.7. The van der Waals surface area contributed by atoms with Gasteiger partial charge in [-0.2, -0.15) is 0 Å². The molecule has 0 amide bonds. The third kappa shape index (κ3) is 3.66. The normalized spacial score (nSPS) is 11.3. The van der Waals surface area contributed by atoms with Crippen molar-refractivity contribution in [2.45, 2.75) is 11.4 Å². The largest absolute Gasteiger partial charge is 0.481 e. The molecule has 8 heteroatoms. The van der Waals surface area contributed by atoms with Gasteiger partial charge in [0.15, 0.2) is 0 Å². The summed E-state index contributed by atoms with van der Waals surface area (Å²) >= 11 is 5.62. The molecule has 0 aromatic carbocycles. The molecule has 106 valence electrons. The molecule has 2 aromatic heterocycles. The number of ether oxygens (including phenoxy) is 1. The molecule has 2 rings (SSSR count). The monoisotopic (exact) mass is 313 g/mol. The van der Waals surface area contributed by atoms with E-state index in [1.54, 1.807) is 18.3 Å². The van der Waals surface area contributed by atoms with Crippen molar-refractivity contribution in [3.05, 3.63) is 47.4 Å². The van der Waals surface area contributed by atoms with Gasteiger partial charge in [-0.1, -0.05) is 17.7 Å². The van der Waals surface area contributed by atoms with Crippen LogP contribution in [0.4, 0.5) is 0 Å². The van der Waals surface area contributed by atoms with Gasteiger partial charge in [-0.05, 0) is 17.7 Å². The van der Waals surface area contributed by atoms with Gasteiger partial charge in [0.05, 0.1) is 7.11 Å². The molecule has 2 heterocycles. The first-order chi connectivity index (χ1) is 9.51. The summed E-state index contributed by atoms with van der Waals surface area (Å²) in [6, 6.07) is 6.21. The SMILES string of the molecule is COc1ccc(CNS(=O)(=O)c2ccc(Cl)nc2)cn1. The number of aromatic nitrogens is 2. The maximum Gasteiger partial charge on any atom is 0.242 e. The van der Waals surface area contributed by atoms with Crippen molar-refractivity contribution >= 4 is 21.6 Å². The van der Waals surface area contributed by atoms with E-state index in [1.165, 1.54) is 25.4 Å². The van der Waals surface area contributed by atoms with Crippen LogP contribution in [-0.2, 0) is 16.6 Å². The molecule has 0 unspecified atom stereocenters. The number of halogens is 1. The van der Waals surface area contributed by atoms with E-state index in [-0.39, 0.29) is 16.6 Å². The van der Waals surface area contributed by atoms with Gasteiger partial charge in [-0.3, -0.25) is 0 Å². The van der Waals surface area contributed by atoms with Crippen LogP contribution in [0.2, 0.25) is 5.15 Å². The molecule has 20 heavy (non-hydrogen) atoms. The van der Waals surface area contributed by atoms with E-state index in [2.05, 4.69) is 14.7 Å². The predicted octanol–water partition coefficient (Wildman–Crippen LogP) is 1.62. The van der Waals surface area contributed by atoms with Crippen LogP contribution in [0.5, 0.6) is 5.88 Å². The molecule has 1 N–H and O–H groups in total. The van der Waals surface area contributed by atoms with Crippen LogP contribution in [0.3, 0.4) is 0 Å². The van der Waals surface area contributed by atoms with Crippen LogP contribution in [-0.4, -0.2) is 25.5 Å². The van der Waals surface area contributed by atoms with E-state index in [9.17, 15) is 8.42 Å². The fourth-order valence-corrected chi connectivity index (χ4v) is 2.49. The lowest BCUT2D eigenvalue weighted by molar-refractivity contribution is 0.397. The lowest BCUT2D eigenvalue weighted by Crippen LogP contribution is -2.23. The number of nitrogens with one attached hydrogen (secondary N) is 1. The van der Waals surface area contributed by atoms with Gasteiger partial charge in [0.2, 0.25) is 15.9 Å². The third-order valence-electron chi connectivity index (χ3n) is 2.48. The lowest BCUT2D eigenvalue weighted by atomic mass is 10.3. The summed E-state index contributed by atoms with van der Waals surface area (Å²) in [4.78, 5) is 7.79. The van der Waals surface area contributed by atoms with Crippen LogP contribution in [0.15, 0.2) is 41.6 Å². The van der Waals surface area contributed by atoms with E-state index in [0.29, 0.717) is 5.88 Å². The molecule has 0 radical (unpaired) electrons. The minimum absolute atomic E-state index is 0.0587. The fraction of sp³-hybridized carbons (Fsp3) is 0.167. The minimum atomic E-state index is -3.62. The molecule has 0 spiro atoms. The van der Waals surface area contributed by atoms with E-state index < -0.39 is 10.0 Å². The van der Waals surface area contributed by atoms with Gasteiger partial charge in [-0.25, -0.2) is 23.1 Å². The zero-order chi connectivity index (χ0) is 14.6. The molecule has 0 bridgehead atoms. The van der Waals surface area contributed by atoms with Crippen molar-refractivity contribution in [3.8, 4) is 5.88 Å². The van der Waals surface area contributed by atoms with Crippen LogP contribution in [0, 0.1) is 0 Å². The molecule has 2 aromatic rings. The summed E-state index contributed by atoms with van der Waals surface area (Å²) in [7, 11) is -2.11. The van der Waals surface area contributed by atoms with Gasteiger partial charge in [0.25, 0.3) is 0 Å². The highest BCUT2D eigenvalue weighted by Crippen LogP contribution is 2.12. The summed E-state index contributed by atoms with van der Waals surface area (Å²) in [5.74, 6) is 0.471. The zero-order valence-corrected chi connectivity index (χ0v) is 12.1. The summed E-state index contributed by atoms with van der Waals surface area (Å²) in [5, 5.41) is 0.239. The Morgan fingerprint density at radius 2 is 2.00 bits per heavy atom. The van der Waals surface area contributed by atoms with Crippen LogP contribution in [0.1, 0.15) is 5.56 Å². The minimum Gasteiger partial charge on any atom is -0.481 e. The second-order valence-corrected chi connectivity index (χ2v) is 6.00. The Bertz CT molecular complexity index is 672. The molecule has 0 aliphatic carbocycles. The number of rotatable bonds is 5. The second kappa shape index (κ2) is 6.17. The van der Waals surface area contributed by atoms with Gasteiger partial charge in [-0.15, -0.1) is 0 Å². The van der Waals surface area contributed by atoms with E-state index in [0.717, 1.165) is 5.56 Å². The topological polar surface area (TPSA) is 81.2 Å². The summed E-state index contributed by atoms with van der Waals surface area (Å²) < 4.78 is 31.4. The number of nitrogens with zero attached hydrogens (tertiary/aromatic N) is 2. The number of hydrogen-bond acceptors (Lipinski definition) is 5. The van der Waals surface area contributed by atoms with Crippen molar-refractivity contribution in [2.24, 2.45) is 0 Å². The lowest BCUT2D eigenvalue weighted by Gasteiger charge is -2.07. The Balaban J connectivity index is 2.06. The van der Waals surface area contributed by atoms with Crippen LogP contribution in [0.25, 0.3) is 0 Å². The van der Waals surface area contributed by atoms with Crippen molar-refractivity contribution in [1.82, 2.24) is 14.7 Å². The van der Waals surface area contributed by atoms with Crippen molar-refractivity contribution in [3.63, 3.8) is 0 Å². The van der Waals surface area contributed by atoms with Gasteiger partial charge in [0, 0.05) is 25.0 Å². The molecular weight excluding hydrogens is 302 g/mol. The first-order valence-electron chi connectivity index (χ1n) is 5.61. The Kier molecular flexibility index (Phi) is 4.53. The molecule has 0 saturated heterocycles. The average Bonchev–Trinajstić information content (AvgIpc) is 2.46. The van der Waals surface area contributed by atoms with Crippen molar-refractivity contribution < 1.29 is 13.2 Å². The molecule has 0 saturated carbocycles. The Morgan fingerprint density at radius 1 is 1.20 bits per heavy atom. The van der Waals surface area contributed by atoms with Gasteiger partial charge in [0.1, 0.15) is 10.0 Å². The van der Waals surface area contributed by atoms with E-state index in [1.807, 2.05) is 0 Å². The summed E-state index contributed by atoms with van der Waals surface area (Å²) in [5.41, 5.74) is 0.719. The molecule has 0 aliphatic heterocycles. The number of methoxy groups -OCH3 is 1. The molecular formula is C12H12ClN3O3S. The molecule has 0 atom stereocenters. The Morgan fingerprint density at radius 3 is 2.55 bits per heavy atom. The fourth-order valence-electron chi connectivity index (χ4n) is 1.42. The van der Waals surface area contributed by atoms with E-state index in [4.69, 9.17) is 16.3 Å². The summed E-state index contributed by atoms with van der Waals surface area (Å²) in [6.45, 7) is 0.127. The number of hydrogen-bond donors (Lipinski definition) is 1. The number of sulfonamides is 1. The average molecular weight is 314 g/mol. The zero-order valence-electron chi connectivity index (χ0n) is 10.6. The maximum absolute atomic E-state index is 12.0. The smallest absolute Gasteiger partial charge is 0.242 e. The molecule has 0 aliphatic rings. The highest BCUT2D eigenvalue weighted by molar-refractivity contribution is 7.89. The van der Waals surface area contributed by atoms with E-state index >= 15 is 0 Å². The highest BCUT2D eigenvalue weighted by atomic mass is 35.5. The predicted molar refractivity (Wildman–Crippen MR) is 74.1 cm³/mol. The second-order valence-electron chi connectivity index (χ2n) is 3.85. The highest BCUT2D eigenvalue weighted by Gasteiger charge is 2.14. The molecule has 6 nitrogen and oxygen atoms in total. The van der Waals surface area contributed by atoms with Gasteiger partial charge >= 0.3 is 0 Å². The summed E-state index contributed by atoms with van der Waals surface area (Å²) in [6.07, 6.45) is 2.75.